The number of hydrogen-bond donors (Lipinski definition) is 3. The third kappa shape index (κ3) is 9.01. The Bertz CT molecular complexity index is 318. The second kappa shape index (κ2) is 9.32. The summed E-state index contributed by atoms with van der Waals surface area (Å²) >= 11 is 0. The highest BCUT2D eigenvalue weighted by atomic mass is 16.4. The minimum atomic E-state index is -0.818. The number of aliphatic carboxylic acids is 1. The molecule has 7 nitrogen and oxygen atoms in total. The van der Waals surface area contributed by atoms with Crippen molar-refractivity contribution < 1.29 is 19.5 Å². The topological polar surface area (TPSA) is 98.7 Å². The standard InChI is InChI=1S/C12H23N3O4/c1-9(2)15(7-4-5-11(17)18)8-6-10(16)14-12(19)13-3/h9H,4-8H2,1-3H3,(H,17,18)(H2,13,14,16,19). The molecule has 0 aliphatic heterocycles. The maximum absolute atomic E-state index is 11.4. The van der Waals surface area contributed by atoms with Gasteiger partial charge in [0.15, 0.2) is 0 Å². The average Bonchev–Trinajstić information content (AvgIpc) is 2.32. The van der Waals surface area contributed by atoms with Gasteiger partial charge in [-0.3, -0.25) is 14.9 Å². The summed E-state index contributed by atoms with van der Waals surface area (Å²) in [5, 5.41) is 13.1. The fourth-order valence-electron chi connectivity index (χ4n) is 1.56. The normalized spacial score (nSPS) is 10.6. The summed E-state index contributed by atoms with van der Waals surface area (Å²) in [7, 11) is 1.44. The number of carbonyl (C=O) groups is 3. The molecule has 0 unspecified atom stereocenters. The highest BCUT2D eigenvalue weighted by Gasteiger charge is 2.13. The molecule has 0 bridgehead atoms. The van der Waals surface area contributed by atoms with Crippen LogP contribution in [-0.4, -0.2) is 54.1 Å². The molecule has 0 rings (SSSR count). The van der Waals surface area contributed by atoms with E-state index in [0.29, 0.717) is 19.5 Å². The minimum absolute atomic E-state index is 0.119. The molecule has 0 spiro atoms. The van der Waals surface area contributed by atoms with Gasteiger partial charge in [-0.25, -0.2) is 4.79 Å². The van der Waals surface area contributed by atoms with Crippen molar-refractivity contribution in [1.82, 2.24) is 15.5 Å². The largest absolute Gasteiger partial charge is 0.481 e. The Morgan fingerprint density at radius 2 is 1.79 bits per heavy atom. The fourth-order valence-corrected chi connectivity index (χ4v) is 1.56. The van der Waals surface area contributed by atoms with Crippen LogP contribution in [0.25, 0.3) is 0 Å². The number of carbonyl (C=O) groups excluding carboxylic acids is 2. The predicted octanol–water partition coefficient (Wildman–Crippen LogP) is 0.407. The zero-order chi connectivity index (χ0) is 14.8. The number of imide groups is 1. The Morgan fingerprint density at radius 3 is 2.26 bits per heavy atom. The van der Waals surface area contributed by atoms with Gasteiger partial charge in [0, 0.05) is 32.5 Å². The van der Waals surface area contributed by atoms with E-state index in [4.69, 9.17) is 5.11 Å². The Labute approximate surface area is 113 Å². The van der Waals surface area contributed by atoms with Crippen molar-refractivity contribution in [3.63, 3.8) is 0 Å². The van der Waals surface area contributed by atoms with Gasteiger partial charge >= 0.3 is 12.0 Å². The molecular weight excluding hydrogens is 250 g/mol. The number of carboxylic acids is 1. The van der Waals surface area contributed by atoms with Crippen molar-refractivity contribution in [3.05, 3.63) is 0 Å². The van der Waals surface area contributed by atoms with E-state index in [0.717, 1.165) is 0 Å². The number of amides is 3. The van der Waals surface area contributed by atoms with E-state index in [1.54, 1.807) is 0 Å². The van der Waals surface area contributed by atoms with Gasteiger partial charge in [-0.1, -0.05) is 0 Å². The summed E-state index contributed by atoms with van der Waals surface area (Å²) in [6, 6.07) is -0.298. The monoisotopic (exact) mass is 273 g/mol. The van der Waals surface area contributed by atoms with Gasteiger partial charge in [-0.2, -0.15) is 0 Å². The first-order chi connectivity index (χ1) is 8.86. The third-order valence-electron chi connectivity index (χ3n) is 2.67. The van der Waals surface area contributed by atoms with E-state index in [-0.39, 0.29) is 24.8 Å². The van der Waals surface area contributed by atoms with Gasteiger partial charge in [0.05, 0.1) is 0 Å². The molecule has 7 heteroatoms. The molecule has 3 N–H and O–H groups in total. The van der Waals surface area contributed by atoms with E-state index in [1.165, 1.54) is 7.05 Å². The maximum Gasteiger partial charge on any atom is 0.321 e. The number of hydrogen-bond acceptors (Lipinski definition) is 4. The van der Waals surface area contributed by atoms with Crippen molar-refractivity contribution in [2.24, 2.45) is 0 Å². The van der Waals surface area contributed by atoms with Crippen molar-refractivity contribution >= 4 is 17.9 Å². The van der Waals surface area contributed by atoms with E-state index < -0.39 is 12.0 Å². The van der Waals surface area contributed by atoms with Crippen LogP contribution < -0.4 is 10.6 Å². The lowest BCUT2D eigenvalue weighted by Gasteiger charge is -2.25. The van der Waals surface area contributed by atoms with Crippen LogP contribution in [0.15, 0.2) is 0 Å². The second-order valence-corrected chi connectivity index (χ2v) is 4.50. The molecule has 0 aliphatic rings. The maximum atomic E-state index is 11.4. The molecule has 0 aromatic rings. The number of urea groups is 1. The molecular formula is C12H23N3O4. The van der Waals surface area contributed by atoms with Crippen LogP contribution >= 0.6 is 0 Å². The molecule has 0 aliphatic carbocycles. The van der Waals surface area contributed by atoms with Crippen LogP contribution in [0.3, 0.4) is 0 Å². The van der Waals surface area contributed by atoms with Gasteiger partial charge in [0.2, 0.25) is 5.91 Å². The van der Waals surface area contributed by atoms with Gasteiger partial charge in [0.1, 0.15) is 0 Å². The average molecular weight is 273 g/mol. The van der Waals surface area contributed by atoms with Crippen LogP contribution in [-0.2, 0) is 9.59 Å². The second-order valence-electron chi connectivity index (χ2n) is 4.50. The summed E-state index contributed by atoms with van der Waals surface area (Å²) in [5.74, 6) is -1.16. The van der Waals surface area contributed by atoms with Gasteiger partial charge in [-0.05, 0) is 26.8 Å². The Hall–Kier alpha value is -1.63. The van der Waals surface area contributed by atoms with Crippen molar-refractivity contribution in [2.45, 2.75) is 39.2 Å². The molecule has 0 atom stereocenters. The first-order valence-corrected chi connectivity index (χ1v) is 6.34. The molecule has 19 heavy (non-hydrogen) atoms. The molecule has 0 aromatic carbocycles. The Kier molecular flexibility index (Phi) is 8.52. The van der Waals surface area contributed by atoms with Crippen LogP contribution in [0.5, 0.6) is 0 Å². The highest BCUT2D eigenvalue weighted by molar-refractivity contribution is 5.94. The van der Waals surface area contributed by atoms with E-state index in [9.17, 15) is 14.4 Å². The molecule has 3 amide bonds. The first kappa shape index (κ1) is 17.4. The summed E-state index contributed by atoms with van der Waals surface area (Å²) in [6.07, 6.45) is 0.872. The number of nitrogens with one attached hydrogen (secondary N) is 2. The quantitative estimate of drug-likeness (QED) is 0.595. The Morgan fingerprint density at radius 1 is 1.16 bits per heavy atom. The van der Waals surface area contributed by atoms with E-state index >= 15 is 0 Å². The summed E-state index contributed by atoms with van der Waals surface area (Å²) in [4.78, 5) is 34.8. The van der Waals surface area contributed by atoms with Crippen LogP contribution in [0.1, 0.15) is 33.1 Å². The zero-order valence-corrected chi connectivity index (χ0v) is 11.7. The van der Waals surface area contributed by atoms with Crippen LogP contribution in [0, 0.1) is 0 Å². The molecule has 110 valence electrons. The van der Waals surface area contributed by atoms with Gasteiger partial charge < -0.3 is 15.3 Å². The summed E-state index contributed by atoms with van der Waals surface area (Å²) in [6.45, 7) is 5.09. The minimum Gasteiger partial charge on any atom is -0.481 e. The van der Waals surface area contributed by atoms with Crippen LogP contribution in [0.4, 0.5) is 4.79 Å². The zero-order valence-electron chi connectivity index (χ0n) is 11.7. The van der Waals surface area contributed by atoms with Gasteiger partial charge in [-0.15, -0.1) is 0 Å². The van der Waals surface area contributed by atoms with Crippen LogP contribution in [0.2, 0.25) is 0 Å². The molecule has 0 aromatic heterocycles. The molecule has 0 saturated carbocycles. The lowest BCUT2D eigenvalue weighted by Crippen LogP contribution is -2.40. The van der Waals surface area contributed by atoms with E-state index in [1.807, 2.05) is 18.7 Å². The molecule has 0 fully saturated rings. The van der Waals surface area contributed by atoms with Crippen molar-refractivity contribution in [2.75, 3.05) is 20.1 Å². The predicted molar refractivity (Wildman–Crippen MR) is 70.8 cm³/mol. The Balaban J connectivity index is 4.03. The molecule has 0 radical (unpaired) electrons. The number of nitrogens with zero attached hydrogens (tertiary/aromatic N) is 1. The number of rotatable bonds is 8. The smallest absolute Gasteiger partial charge is 0.321 e. The third-order valence-corrected chi connectivity index (χ3v) is 2.67. The SMILES string of the molecule is CNC(=O)NC(=O)CCN(CCCC(=O)O)C(C)C. The molecule has 0 heterocycles. The van der Waals surface area contributed by atoms with Gasteiger partial charge in [0.25, 0.3) is 0 Å². The summed E-state index contributed by atoms with van der Waals surface area (Å²) < 4.78 is 0. The lowest BCUT2D eigenvalue weighted by atomic mass is 10.2. The first-order valence-electron chi connectivity index (χ1n) is 6.34. The molecule has 0 saturated heterocycles. The van der Waals surface area contributed by atoms with Crippen molar-refractivity contribution in [3.8, 4) is 0 Å². The van der Waals surface area contributed by atoms with E-state index in [2.05, 4.69) is 10.6 Å². The van der Waals surface area contributed by atoms with Crippen molar-refractivity contribution in [1.29, 1.82) is 0 Å². The summed E-state index contributed by atoms with van der Waals surface area (Å²) in [5.41, 5.74) is 0. The number of carboxylic acid groups (broad SMARTS) is 1. The lowest BCUT2D eigenvalue weighted by molar-refractivity contribution is -0.137. The fraction of sp³-hybridized carbons (Fsp3) is 0.750. The highest BCUT2D eigenvalue weighted by Crippen LogP contribution is 2.03.